The highest BCUT2D eigenvalue weighted by atomic mass is 16.3. The molecule has 0 saturated carbocycles. The molecule has 1 nitrogen and oxygen atoms in total. The molecule has 0 aliphatic heterocycles. The number of hydrogen-bond donors (Lipinski definition) is 1. The fourth-order valence-corrected chi connectivity index (χ4v) is 1.63. The summed E-state index contributed by atoms with van der Waals surface area (Å²) in [7, 11) is 0. The van der Waals surface area contributed by atoms with E-state index in [1.54, 1.807) is 0 Å². The van der Waals surface area contributed by atoms with Crippen molar-refractivity contribution in [2.75, 3.05) is 0 Å². The Bertz CT molecular complexity index is 194. The Labute approximate surface area is 75.5 Å². The Hall–Kier alpha value is -0.300. The molecule has 0 amide bonds. The Balaban J connectivity index is 2.69. The second kappa shape index (κ2) is 2.88. The highest BCUT2D eigenvalue weighted by molar-refractivity contribution is 5.15. The SMILES string of the molecule is CC(C)(C)C1=CC[C@](C)(O)CC1. The lowest BCUT2D eigenvalue weighted by Gasteiger charge is -2.32. The molecular formula is C11H20O. The van der Waals surface area contributed by atoms with Crippen LogP contribution < -0.4 is 0 Å². The van der Waals surface area contributed by atoms with Gasteiger partial charge in [0.25, 0.3) is 0 Å². The average Bonchev–Trinajstić information content (AvgIpc) is 1.83. The highest BCUT2D eigenvalue weighted by Gasteiger charge is 2.27. The van der Waals surface area contributed by atoms with Gasteiger partial charge in [-0.3, -0.25) is 0 Å². The van der Waals surface area contributed by atoms with Crippen LogP contribution in [0.2, 0.25) is 0 Å². The van der Waals surface area contributed by atoms with Gasteiger partial charge in [0, 0.05) is 0 Å². The van der Waals surface area contributed by atoms with Crippen molar-refractivity contribution in [1.29, 1.82) is 0 Å². The van der Waals surface area contributed by atoms with Gasteiger partial charge in [0.2, 0.25) is 0 Å². The molecule has 1 N–H and O–H groups in total. The van der Waals surface area contributed by atoms with Gasteiger partial charge in [-0.15, -0.1) is 0 Å². The van der Waals surface area contributed by atoms with Crippen molar-refractivity contribution in [3.8, 4) is 0 Å². The summed E-state index contributed by atoms with van der Waals surface area (Å²) in [4.78, 5) is 0. The van der Waals surface area contributed by atoms with E-state index >= 15 is 0 Å². The van der Waals surface area contributed by atoms with Crippen molar-refractivity contribution in [1.82, 2.24) is 0 Å². The zero-order chi connectivity index (χ0) is 9.41. The quantitative estimate of drug-likeness (QED) is 0.551. The second-order valence-corrected chi connectivity index (χ2v) is 5.18. The Kier molecular flexibility index (Phi) is 2.35. The van der Waals surface area contributed by atoms with Crippen LogP contribution in [0, 0.1) is 5.41 Å². The van der Waals surface area contributed by atoms with Gasteiger partial charge < -0.3 is 5.11 Å². The fraction of sp³-hybridized carbons (Fsp3) is 0.818. The van der Waals surface area contributed by atoms with E-state index in [1.807, 2.05) is 6.92 Å². The number of aliphatic hydroxyl groups is 1. The van der Waals surface area contributed by atoms with Crippen LogP contribution in [0.15, 0.2) is 11.6 Å². The lowest BCUT2D eigenvalue weighted by molar-refractivity contribution is 0.0472. The smallest absolute Gasteiger partial charge is 0.0657 e. The zero-order valence-electron chi connectivity index (χ0n) is 8.65. The van der Waals surface area contributed by atoms with E-state index in [1.165, 1.54) is 5.57 Å². The number of hydrogen-bond acceptors (Lipinski definition) is 1. The van der Waals surface area contributed by atoms with Crippen molar-refractivity contribution in [3.05, 3.63) is 11.6 Å². The van der Waals surface area contributed by atoms with E-state index in [2.05, 4.69) is 26.8 Å². The lowest BCUT2D eigenvalue weighted by Crippen LogP contribution is -2.28. The molecule has 70 valence electrons. The van der Waals surface area contributed by atoms with Crippen molar-refractivity contribution >= 4 is 0 Å². The van der Waals surface area contributed by atoms with Gasteiger partial charge >= 0.3 is 0 Å². The summed E-state index contributed by atoms with van der Waals surface area (Å²) in [6.07, 6.45) is 5.00. The topological polar surface area (TPSA) is 20.2 Å². The molecule has 1 aliphatic carbocycles. The molecule has 0 aromatic heterocycles. The molecule has 0 saturated heterocycles. The van der Waals surface area contributed by atoms with E-state index in [-0.39, 0.29) is 5.41 Å². The first-order chi connectivity index (χ1) is 5.31. The third kappa shape index (κ3) is 2.34. The molecule has 0 spiro atoms. The van der Waals surface area contributed by atoms with E-state index in [4.69, 9.17) is 0 Å². The van der Waals surface area contributed by atoms with Crippen molar-refractivity contribution < 1.29 is 5.11 Å². The molecule has 0 aromatic rings. The third-order valence-electron chi connectivity index (χ3n) is 2.68. The minimum absolute atomic E-state index is 0.288. The minimum atomic E-state index is -0.450. The minimum Gasteiger partial charge on any atom is -0.390 e. The van der Waals surface area contributed by atoms with Crippen LogP contribution in [-0.4, -0.2) is 10.7 Å². The first-order valence-electron chi connectivity index (χ1n) is 4.73. The monoisotopic (exact) mass is 168 g/mol. The zero-order valence-corrected chi connectivity index (χ0v) is 8.65. The molecule has 12 heavy (non-hydrogen) atoms. The summed E-state index contributed by atoms with van der Waals surface area (Å²) in [5.41, 5.74) is 1.33. The third-order valence-corrected chi connectivity index (χ3v) is 2.68. The van der Waals surface area contributed by atoms with Gasteiger partial charge in [0.15, 0.2) is 0 Å². The standard InChI is InChI=1S/C11H20O/c1-10(2,3)9-5-7-11(4,12)8-6-9/h5,12H,6-8H2,1-4H3/t11-/m0/s1. The maximum absolute atomic E-state index is 9.71. The molecule has 1 rings (SSSR count). The van der Waals surface area contributed by atoms with Gasteiger partial charge in [-0.05, 0) is 31.6 Å². The van der Waals surface area contributed by atoms with Crippen molar-refractivity contribution in [2.45, 2.75) is 52.6 Å². The molecule has 0 fully saturated rings. The van der Waals surface area contributed by atoms with E-state index in [9.17, 15) is 5.11 Å². The Morgan fingerprint density at radius 1 is 1.42 bits per heavy atom. The molecule has 1 atom stereocenters. The van der Waals surface area contributed by atoms with Gasteiger partial charge in [0.05, 0.1) is 5.60 Å². The number of allylic oxidation sites excluding steroid dienone is 1. The Morgan fingerprint density at radius 2 is 2.00 bits per heavy atom. The fourth-order valence-electron chi connectivity index (χ4n) is 1.63. The molecule has 0 radical (unpaired) electrons. The van der Waals surface area contributed by atoms with Crippen LogP contribution in [-0.2, 0) is 0 Å². The molecule has 0 heterocycles. The van der Waals surface area contributed by atoms with Gasteiger partial charge in [-0.2, -0.15) is 0 Å². The van der Waals surface area contributed by atoms with Gasteiger partial charge in [-0.1, -0.05) is 32.4 Å². The average molecular weight is 168 g/mol. The predicted molar refractivity (Wildman–Crippen MR) is 52.0 cm³/mol. The summed E-state index contributed by atoms with van der Waals surface area (Å²) < 4.78 is 0. The Morgan fingerprint density at radius 3 is 2.33 bits per heavy atom. The summed E-state index contributed by atoms with van der Waals surface area (Å²) in [6, 6.07) is 0. The van der Waals surface area contributed by atoms with Gasteiger partial charge in [0.1, 0.15) is 0 Å². The first kappa shape index (κ1) is 9.79. The van der Waals surface area contributed by atoms with Crippen LogP contribution in [0.25, 0.3) is 0 Å². The summed E-state index contributed by atoms with van der Waals surface area (Å²) >= 11 is 0. The lowest BCUT2D eigenvalue weighted by atomic mass is 9.76. The van der Waals surface area contributed by atoms with Crippen molar-refractivity contribution in [3.63, 3.8) is 0 Å². The summed E-state index contributed by atoms with van der Waals surface area (Å²) in [5, 5.41) is 9.71. The largest absolute Gasteiger partial charge is 0.390 e. The van der Waals surface area contributed by atoms with Crippen LogP contribution in [0.5, 0.6) is 0 Å². The maximum atomic E-state index is 9.71. The summed E-state index contributed by atoms with van der Waals surface area (Å²) in [6.45, 7) is 8.62. The second-order valence-electron chi connectivity index (χ2n) is 5.18. The number of rotatable bonds is 0. The highest BCUT2D eigenvalue weighted by Crippen LogP contribution is 2.36. The van der Waals surface area contributed by atoms with Crippen LogP contribution in [0.4, 0.5) is 0 Å². The van der Waals surface area contributed by atoms with E-state index in [0.29, 0.717) is 0 Å². The van der Waals surface area contributed by atoms with E-state index < -0.39 is 5.60 Å². The van der Waals surface area contributed by atoms with Crippen molar-refractivity contribution in [2.24, 2.45) is 5.41 Å². The normalized spacial score (nSPS) is 31.6. The molecule has 1 aliphatic rings. The molecular weight excluding hydrogens is 148 g/mol. The van der Waals surface area contributed by atoms with Crippen LogP contribution in [0.3, 0.4) is 0 Å². The predicted octanol–water partition coefficient (Wildman–Crippen LogP) is 2.89. The molecule has 1 heteroatoms. The van der Waals surface area contributed by atoms with E-state index in [0.717, 1.165) is 19.3 Å². The molecule has 0 bridgehead atoms. The van der Waals surface area contributed by atoms with Crippen LogP contribution >= 0.6 is 0 Å². The molecule has 0 aromatic carbocycles. The van der Waals surface area contributed by atoms with Crippen LogP contribution in [0.1, 0.15) is 47.0 Å². The maximum Gasteiger partial charge on any atom is 0.0657 e. The first-order valence-corrected chi connectivity index (χ1v) is 4.73. The van der Waals surface area contributed by atoms with Gasteiger partial charge in [-0.25, -0.2) is 0 Å². The molecule has 0 unspecified atom stereocenters. The summed E-state index contributed by atoms with van der Waals surface area (Å²) in [5.74, 6) is 0.